The molecule has 2 aliphatic rings. The Morgan fingerprint density at radius 1 is 1.20 bits per heavy atom. The van der Waals surface area contributed by atoms with Crippen molar-refractivity contribution in [3.63, 3.8) is 0 Å². The Morgan fingerprint density at radius 2 is 1.90 bits per heavy atom. The fourth-order valence-corrected chi connectivity index (χ4v) is 2.96. The van der Waals surface area contributed by atoms with Crippen LogP contribution in [0.1, 0.15) is 19.8 Å². The van der Waals surface area contributed by atoms with Gasteiger partial charge in [-0.1, -0.05) is 30.1 Å². The third-order valence-corrected chi connectivity index (χ3v) is 3.89. The van der Waals surface area contributed by atoms with Crippen molar-refractivity contribution in [2.75, 3.05) is 0 Å². The molecule has 0 aliphatic heterocycles. The molecular formula is C8H10Cl2. The highest BCUT2D eigenvalue weighted by Gasteiger charge is 2.42. The fraction of sp³-hybridized carbons (Fsp3) is 0.750. The average Bonchev–Trinajstić information content (AvgIpc) is 2.36. The van der Waals surface area contributed by atoms with Crippen molar-refractivity contribution in [1.29, 1.82) is 0 Å². The lowest BCUT2D eigenvalue weighted by Gasteiger charge is -2.16. The van der Waals surface area contributed by atoms with Crippen LogP contribution in [0, 0.1) is 17.8 Å². The second-order valence-electron chi connectivity index (χ2n) is 3.45. The molecule has 0 aromatic rings. The van der Waals surface area contributed by atoms with E-state index in [-0.39, 0.29) is 0 Å². The van der Waals surface area contributed by atoms with Crippen LogP contribution in [0.3, 0.4) is 0 Å². The third kappa shape index (κ3) is 0.754. The second-order valence-corrected chi connectivity index (χ2v) is 4.26. The Labute approximate surface area is 71.2 Å². The average molecular weight is 177 g/mol. The lowest BCUT2D eigenvalue weighted by Crippen LogP contribution is -2.06. The maximum absolute atomic E-state index is 6.00. The fourth-order valence-electron chi connectivity index (χ4n) is 2.18. The molecule has 0 aromatic heterocycles. The first-order valence-corrected chi connectivity index (χ1v) is 4.50. The van der Waals surface area contributed by atoms with E-state index in [9.17, 15) is 0 Å². The van der Waals surface area contributed by atoms with Gasteiger partial charge in [-0.25, -0.2) is 0 Å². The van der Waals surface area contributed by atoms with Gasteiger partial charge in [0.15, 0.2) is 0 Å². The van der Waals surface area contributed by atoms with E-state index in [1.165, 1.54) is 12.8 Å². The van der Waals surface area contributed by atoms with E-state index in [2.05, 4.69) is 6.92 Å². The van der Waals surface area contributed by atoms with Gasteiger partial charge in [0.25, 0.3) is 0 Å². The molecule has 0 radical (unpaired) electrons. The molecule has 2 bridgehead atoms. The lowest BCUT2D eigenvalue weighted by molar-refractivity contribution is 0.484. The predicted octanol–water partition coefficient (Wildman–Crippen LogP) is 3.35. The summed E-state index contributed by atoms with van der Waals surface area (Å²) in [5.74, 6) is 1.97. The molecule has 0 amide bonds. The van der Waals surface area contributed by atoms with Crippen LogP contribution in [-0.4, -0.2) is 0 Å². The predicted molar refractivity (Wildman–Crippen MR) is 44.1 cm³/mol. The van der Waals surface area contributed by atoms with Gasteiger partial charge in [-0.2, -0.15) is 0 Å². The molecule has 3 unspecified atom stereocenters. The summed E-state index contributed by atoms with van der Waals surface area (Å²) < 4.78 is 0. The highest BCUT2D eigenvalue weighted by atomic mass is 35.5. The number of halogens is 2. The Hall–Kier alpha value is 0.320. The minimum absolute atomic E-state index is 0.596. The summed E-state index contributed by atoms with van der Waals surface area (Å²) in [5.41, 5.74) is 0. The zero-order valence-corrected chi connectivity index (χ0v) is 7.41. The van der Waals surface area contributed by atoms with E-state index in [1.807, 2.05) is 0 Å². The Balaban J connectivity index is 2.34. The van der Waals surface area contributed by atoms with Crippen molar-refractivity contribution in [1.82, 2.24) is 0 Å². The molecule has 0 heterocycles. The van der Waals surface area contributed by atoms with Gasteiger partial charge >= 0.3 is 0 Å². The summed E-state index contributed by atoms with van der Waals surface area (Å²) >= 11 is 12.0. The summed E-state index contributed by atoms with van der Waals surface area (Å²) in [5, 5.41) is 1.90. The van der Waals surface area contributed by atoms with Gasteiger partial charge < -0.3 is 0 Å². The van der Waals surface area contributed by atoms with Gasteiger partial charge in [-0.05, 0) is 30.6 Å². The number of allylic oxidation sites excluding steroid dienone is 2. The molecule has 1 saturated carbocycles. The summed E-state index contributed by atoms with van der Waals surface area (Å²) in [6.45, 7) is 2.26. The van der Waals surface area contributed by atoms with Crippen LogP contribution in [-0.2, 0) is 0 Å². The third-order valence-electron chi connectivity index (χ3n) is 2.79. The Kier molecular flexibility index (Phi) is 1.50. The lowest BCUT2D eigenvalue weighted by atomic mass is 9.95. The Morgan fingerprint density at radius 3 is 2.30 bits per heavy atom. The zero-order valence-electron chi connectivity index (χ0n) is 5.90. The molecule has 0 saturated heterocycles. The van der Waals surface area contributed by atoms with Crippen molar-refractivity contribution in [2.45, 2.75) is 19.8 Å². The molecule has 2 rings (SSSR count). The first-order chi connectivity index (χ1) is 4.70. The van der Waals surface area contributed by atoms with Crippen molar-refractivity contribution >= 4 is 23.2 Å². The van der Waals surface area contributed by atoms with Gasteiger partial charge in [0.2, 0.25) is 0 Å². The van der Waals surface area contributed by atoms with Crippen LogP contribution in [0.15, 0.2) is 10.1 Å². The van der Waals surface area contributed by atoms with Crippen LogP contribution >= 0.6 is 23.2 Å². The van der Waals surface area contributed by atoms with Gasteiger partial charge in [0.1, 0.15) is 0 Å². The van der Waals surface area contributed by atoms with E-state index in [0.29, 0.717) is 11.8 Å². The topological polar surface area (TPSA) is 0 Å². The summed E-state index contributed by atoms with van der Waals surface area (Å²) in [6.07, 6.45) is 2.46. The summed E-state index contributed by atoms with van der Waals surface area (Å²) in [7, 11) is 0. The maximum Gasteiger partial charge on any atom is 0.0362 e. The molecule has 2 heteroatoms. The zero-order chi connectivity index (χ0) is 7.30. The summed E-state index contributed by atoms with van der Waals surface area (Å²) in [6, 6.07) is 0. The Bertz CT molecular complexity index is 195. The molecule has 10 heavy (non-hydrogen) atoms. The molecule has 0 spiro atoms. The number of hydrogen-bond donors (Lipinski definition) is 0. The molecular weight excluding hydrogens is 167 g/mol. The van der Waals surface area contributed by atoms with Gasteiger partial charge in [0, 0.05) is 10.1 Å². The smallest absolute Gasteiger partial charge is 0.0362 e. The van der Waals surface area contributed by atoms with Crippen LogP contribution < -0.4 is 0 Å². The first kappa shape index (κ1) is 7.00. The normalized spacial score (nSPS) is 45.3. The standard InChI is InChI=1S/C8H10Cl2/c1-4-2-5-3-6(4)8(10)7(5)9/h4-6H,2-3H2,1H3. The number of hydrogen-bond acceptors (Lipinski definition) is 0. The van der Waals surface area contributed by atoms with E-state index < -0.39 is 0 Å². The molecule has 3 atom stereocenters. The molecule has 0 aromatic carbocycles. The van der Waals surface area contributed by atoms with Crippen LogP contribution in [0.2, 0.25) is 0 Å². The van der Waals surface area contributed by atoms with Crippen LogP contribution in [0.5, 0.6) is 0 Å². The first-order valence-electron chi connectivity index (χ1n) is 3.75. The number of rotatable bonds is 0. The van der Waals surface area contributed by atoms with Crippen molar-refractivity contribution in [3.05, 3.63) is 10.1 Å². The minimum atomic E-state index is 0.596. The van der Waals surface area contributed by atoms with Gasteiger partial charge in [-0.15, -0.1) is 0 Å². The molecule has 0 N–H and O–H groups in total. The highest BCUT2D eigenvalue weighted by Crippen LogP contribution is 2.54. The van der Waals surface area contributed by atoms with E-state index in [4.69, 9.17) is 23.2 Å². The minimum Gasteiger partial charge on any atom is -0.0876 e. The van der Waals surface area contributed by atoms with Crippen molar-refractivity contribution in [2.24, 2.45) is 17.8 Å². The van der Waals surface area contributed by atoms with Crippen LogP contribution in [0.4, 0.5) is 0 Å². The summed E-state index contributed by atoms with van der Waals surface area (Å²) in [4.78, 5) is 0. The van der Waals surface area contributed by atoms with Gasteiger partial charge in [-0.3, -0.25) is 0 Å². The van der Waals surface area contributed by atoms with Crippen LogP contribution in [0.25, 0.3) is 0 Å². The van der Waals surface area contributed by atoms with Gasteiger partial charge in [0.05, 0.1) is 0 Å². The molecule has 1 fully saturated rings. The number of fused-ring (bicyclic) bond motifs is 2. The second kappa shape index (κ2) is 2.15. The quantitative estimate of drug-likeness (QED) is 0.532. The van der Waals surface area contributed by atoms with E-state index in [0.717, 1.165) is 16.0 Å². The largest absolute Gasteiger partial charge is 0.0876 e. The molecule has 0 nitrogen and oxygen atoms in total. The SMILES string of the molecule is CC1CC2CC1C(Cl)=C2Cl. The monoisotopic (exact) mass is 176 g/mol. The molecule has 56 valence electrons. The van der Waals surface area contributed by atoms with Crippen molar-refractivity contribution in [3.8, 4) is 0 Å². The van der Waals surface area contributed by atoms with Crippen molar-refractivity contribution < 1.29 is 0 Å². The highest BCUT2D eigenvalue weighted by molar-refractivity contribution is 6.40. The van der Waals surface area contributed by atoms with E-state index in [1.54, 1.807) is 0 Å². The molecule has 2 aliphatic carbocycles. The maximum atomic E-state index is 6.00. The van der Waals surface area contributed by atoms with E-state index >= 15 is 0 Å².